The smallest absolute Gasteiger partial charge is 0.243 e. The Morgan fingerprint density at radius 3 is 3.12 bits per heavy atom. The number of nitrogens with zero attached hydrogens (tertiary/aromatic N) is 1. The Labute approximate surface area is 95.0 Å². The zero-order valence-corrected chi connectivity index (χ0v) is 9.35. The van der Waals surface area contributed by atoms with Crippen molar-refractivity contribution in [3.05, 3.63) is 30.1 Å². The van der Waals surface area contributed by atoms with Crippen LogP contribution < -0.4 is 11.1 Å². The first-order chi connectivity index (χ1) is 7.70. The molecule has 0 aliphatic heterocycles. The standard InChI is InChI=1S/C11H17N3O2/c1-9(10-3-2-4-13-7-10)14-5-6-16-8-11(12)15/h2-4,7,9,14H,5-6,8H2,1H3,(H2,12,15). The number of nitrogens with one attached hydrogen (secondary N) is 1. The Morgan fingerprint density at radius 1 is 1.69 bits per heavy atom. The van der Waals surface area contributed by atoms with Crippen LogP contribution in [0, 0.1) is 0 Å². The molecular weight excluding hydrogens is 206 g/mol. The molecule has 0 aliphatic rings. The molecule has 1 amide bonds. The van der Waals surface area contributed by atoms with E-state index in [1.165, 1.54) is 0 Å². The van der Waals surface area contributed by atoms with Crippen molar-refractivity contribution in [3.63, 3.8) is 0 Å². The number of hydrogen-bond acceptors (Lipinski definition) is 4. The van der Waals surface area contributed by atoms with Crippen molar-refractivity contribution in [2.45, 2.75) is 13.0 Å². The summed E-state index contributed by atoms with van der Waals surface area (Å²) in [7, 11) is 0. The quantitative estimate of drug-likeness (QED) is 0.649. The minimum Gasteiger partial charge on any atom is -0.370 e. The van der Waals surface area contributed by atoms with Gasteiger partial charge in [0.1, 0.15) is 6.61 Å². The van der Waals surface area contributed by atoms with Gasteiger partial charge < -0.3 is 15.8 Å². The lowest BCUT2D eigenvalue weighted by molar-refractivity contribution is -0.122. The van der Waals surface area contributed by atoms with Crippen LogP contribution in [-0.4, -0.2) is 30.6 Å². The highest BCUT2D eigenvalue weighted by atomic mass is 16.5. The van der Waals surface area contributed by atoms with Gasteiger partial charge in [-0.3, -0.25) is 9.78 Å². The average Bonchev–Trinajstić information content (AvgIpc) is 2.29. The average molecular weight is 223 g/mol. The predicted octanol–water partition coefficient (Wildman–Crippen LogP) is 0.234. The molecule has 1 unspecified atom stereocenters. The fraction of sp³-hybridized carbons (Fsp3) is 0.455. The number of carbonyl (C=O) groups is 1. The number of rotatable bonds is 7. The molecule has 1 aromatic rings. The van der Waals surface area contributed by atoms with Gasteiger partial charge in [-0.25, -0.2) is 0 Å². The second kappa shape index (κ2) is 6.92. The minimum atomic E-state index is -0.444. The fourth-order valence-electron chi connectivity index (χ4n) is 1.27. The number of aromatic nitrogens is 1. The van der Waals surface area contributed by atoms with Crippen molar-refractivity contribution in [2.24, 2.45) is 5.73 Å². The molecule has 0 aliphatic carbocycles. The van der Waals surface area contributed by atoms with Gasteiger partial charge in [0.15, 0.2) is 0 Å². The van der Waals surface area contributed by atoms with E-state index in [0.717, 1.165) is 5.56 Å². The number of nitrogens with two attached hydrogens (primary N) is 1. The van der Waals surface area contributed by atoms with Gasteiger partial charge in [0, 0.05) is 25.0 Å². The van der Waals surface area contributed by atoms with Crippen molar-refractivity contribution in [1.29, 1.82) is 0 Å². The molecule has 3 N–H and O–H groups in total. The van der Waals surface area contributed by atoms with Gasteiger partial charge in [-0.05, 0) is 18.6 Å². The summed E-state index contributed by atoms with van der Waals surface area (Å²) < 4.78 is 5.03. The molecule has 0 spiro atoms. The van der Waals surface area contributed by atoms with Gasteiger partial charge in [-0.15, -0.1) is 0 Å². The topological polar surface area (TPSA) is 77.2 Å². The SMILES string of the molecule is CC(NCCOCC(N)=O)c1cccnc1. The van der Waals surface area contributed by atoms with Gasteiger partial charge in [0.05, 0.1) is 6.61 Å². The molecule has 5 nitrogen and oxygen atoms in total. The lowest BCUT2D eigenvalue weighted by Crippen LogP contribution is -2.26. The number of primary amides is 1. The van der Waals surface area contributed by atoms with Crippen LogP contribution in [0.25, 0.3) is 0 Å². The summed E-state index contributed by atoms with van der Waals surface area (Å²) in [5, 5.41) is 3.26. The molecular formula is C11H17N3O2. The molecule has 5 heteroatoms. The van der Waals surface area contributed by atoms with Crippen molar-refractivity contribution in [3.8, 4) is 0 Å². The third-order valence-corrected chi connectivity index (χ3v) is 2.13. The predicted molar refractivity (Wildman–Crippen MR) is 60.7 cm³/mol. The molecule has 0 bridgehead atoms. The summed E-state index contributed by atoms with van der Waals surface area (Å²) in [5.74, 6) is -0.444. The normalized spacial score (nSPS) is 12.3. The summed E-state index contributed by atoms with van der Waals surface area (Å²) in [6.45, 7) is 3.16. The zero-order chi connectivity index (χ0) is 11.8. The van der Waals surface area contributed by atoms with E-state index >= 15 is 0 Å². The molecule has 0 fully saturated rings. The van der Waals surface area contributed by atoms with Crippen molar-refractivity contribution < 1.29 is 9.53 Å². The summed E-state index contributed by atoms with van der Waals surface area (Å²) in [6.07, 6.45) is 3.56. The fourth-order valence-corrected chi connectivity index (χ4v) is 1.27. The van der Waals surface area contributed by atoms with E-state index in [9.17, 15) is 4.79 Å². The molecule has 0 saturated heterocycles. The van der Waals surface area contributed by atoms with Crippen molar-refractivity contribution >= 4 is 5.91 Å². The van der Waals surface area contributed by atoms with Crippen LogP contribution in [-0.2, 0) is 9.53 Å². The van der Waals surface area contributed by atoms with E-state index in [4.69, 9.17) is 10.5 Å². The molecule has 1 atom stereocenters. The van der Waals surface area contributed by atoms with Crippen LogP contribution in [0.15, 0.2) is 24.5 Å². The number of pyridine rings is 1. The van der Waals surface area contributed by atoms with Gasteiger partial charge >= 0.3 is 0 Å². The highest BCUT2D eigenvalue weighted by Gasteiger charge is 2.03. The largest absolute Gasteiger partial charge is 0.370 e. The number of carbonyl (C=O) groups excluding carboxylic acids is 1. The summed E-state index contributed by atoms with van der Waals surface area (Å²) in [6, 6.07) is 4.12. The Kier molecular flexibility index (Phi) is 5.45. The molecule has 16 heavy (non-hydrogen) atoms. The first-order valence-electron chi connectivity index (χ1n) is 5.19. The summed E-state index contributed by atoms with van der Waals surface area (Å²) >= 11 is 0. The Bertz CT molecular complexity index is 316. The minimum absolute atomic E-state index is 0.0248. The Morgan fingerprint density at radius 2 is 2.50 bits per heavy atom. The molecule has 1 aromatic heterocycles. The van der Waals surface area contributed by atoms with Crippen LogP contribution in [0.4, 0.5) is 0 Å². The maximum Gasteiger partial charge on any atom is 0.243 e. The lowest BCUT2D eigenvalue weighted by atomic mass is 10.1. The van der Waals surface area contributed by atoms with E-state index in [1.54, 1.807) is 6.20 Å². The Hall–Kier alpha value is -1.46. The van der Waals surface area contributed by atoms with Gasteiger partial charge in [0.2, 0.25) is 5.91 Å². The van der Waals surface area contributed by atoms with E-state index in [0.29, 0.717) is 13.2 Å². The maximum atomic E-state index is 10.4. The summed E-state index contributed by atoms with van der Waals surface area (Å²) in [4.78, 5) is 14.4. The summed E-state index contributed by atoms with van der Waals surface area (Å²) in [5.41, 5.74) is 6.06. The zero-order valence-electron chi connectivity index (χ0n) is 9.35. The van der Waals surface area contributed by atoms with E-state index in [-0.39, 0.29) is 12.6 Å². The van der Waals surface area contributed by atoms with Crippen LogP contribution in [0.5, 0.6) is 0 Å². The maximum absolute atomic E-state index is 10.4. The second-order valence-corrected chi connectivity index (χ2v) is 3.48. The van der Waals surface area contributed by atoms with Crippen molar-refractivity contribution in [1.82, 2.24) is 10.3 Å². The monoisotopic (exact) mass is 223 g/mol. The van der Waals surface area contributed by atoms with E-state index < -0.39 is 5.91 Å². The van der Waals surface area contributed by atoms with Gasteiger partial charge in [0.25, 0.3) is 0 Å². The van der Waals surface area contributed by atoms with E-state index in [2.05, 4.69) is 10.3 Å². The molecule has 0 saturated carbocycles. The second-order valence-electron chi connectivity index (χ2n) is 3.48. The first-order valence-corrected chi connectivity index (χ1v) is 5.19. The third kappa shape index (κ3) is 4.86. The van der Waals surface area contributed by atoms with Crippen LogP contribution in [0.1, 0.15) is 18.5 Å². The van der Waals surface area contributed by atoms with E-state index in [1.807, 2.05) is 25.3 Å². The lowest BCUT2D eigenvalue weighted by Gasteiger charge is -2.13. The van der Waals surface area contributed by atoms with Crippen LogP contribution >= 0.6 is 0 Å². The van der Waals surface area contributed by atoms with Gasteiger partial charge in [-0.2, -0.15) is 0 Å². The molecule has 88 valence electrons. The third-order valence-electron chi connectivity index (χ3n) is 2.13. The van der Waals surface area contributed by atoms with Gasteiger partial charge in [-0.1, -0.05) is 6.07 Å². The first kappa shape index (κ1) is 12.6. The van der Waals surface area contributed by atoms with Crippen molar-refractivity contribution in [2.75, 3.05) is 19.8 Å². The molecule has 0 aromatic carbocycles. The highest BCUT2D eigenvalue weighted by Crippen LogP contribution is 2.08. The number of amides is 1. The number of hydrogen-bond donors (Lipinski definition) is 2. The highest BCUT2D eigenvalue weighted by molar-refractivity contribution is 5.74. The molecule has 1 heterocycles. The van der Waals surface area contributed by atoms with Crippen LogP contribution in [0.3, 0.4) is 0 Å². The Balaban J connectivity index is 2.16. The molecule has 1 rings (SSSR count). The number of ether oxygens (including phenoxy) is 1. The van der Waals surface area contributed by atoms with Crippen LogP contribution in [0.2, 0.25) is 0 Å². The molecule has 0 radical (unpaired) electrons.